The van der Waals surface area contributed by atoms with Crippen molar-refractivity contribution in [3.05, 3.63) is 29.8 Å². The van der Waals surface area contributed by atoms with Crippen LogP contribution in [0.5, 0.6) is 0 Å². The highest BCUT2D eigenvalue weighted by atomic mass is 32.1. The Balaban J connectivity index is 1.80. The molecule has 0 radical (unpaired) electrons. The van der Waals surface area contributed by atoms with Gasteiger partial charge in [-0.2, -0.15) is 0 Å². The number of likely N-dealkylation sites (N-methyl/N-ethyl adjacent to an activating group) is 1. The zero-order valence-corrected chi connectivity index (χ0v) is 14.1. The number of anilines is 1. The molecule has 1 N–H and O–H groups in total. The normalized spacial score (nSPS) is 15.4. The fourth-order valence-electron chi connectivity index (χ4n) is 2.57. The van der Waals surface area contributed by atoms with Crippen molar-refractivity contribution in [2.75, 3.05) is 58.3 Å². The molecule has 1 aliphatic rings. The molecule has 0 atom stereocenters. The number of piperazine rings is 1. The summed E-state index contributed by atoms with van der Waals surface area (Å²) in [5, 5.41) is 4.24. The number of rotatable bonds is 4. The predicted octanol–water partition coefficient (Wildman–Crippen LogP) is 1.55. The summed E-state index contributed by atoms with van der Waals surface area (Å²) in [5.41, 5.74) is 2.70. The third kappa shape index (κ3) is 4.58. The quantitative estimate of drug-likeness (QED) is 0.850. The molecule has 1 saturated heterocycles. The SMILES string of the molecule is Cc1ccccc1N1CCN(C(=S)NCCN(C)C)CC1. The number of para-hydroxylation sites is 1. The van der Waals surface area contributed by atoms with Crippen LogP contribution in [0.25, 0.3) is 0 Å². The van der Waals surface area contributed by atoms with Gasteiger partial charge in [-0.1, -0.05) is 18.2 Å². The first kappa shape index (κ1) is 16.0. The molecule has 2 rings (SSSR count). The van der Waals surface area contributed by atoms with E-state index in [0.717, 1.165) is 44.4 Å². The van der Waals surface area contributed by atoms with E-state index in [-0.39, 0.29) is 0 Å². The van der Waals surface area contributed by atoms with Gasteiger partial charge in [-0.05, 0) is 44.9 Å². The summed E-state index contributed by atoms with van der Waals surface area (Å²) in [5.74, 6) is 0. The van der Waals surface area contributed by atoms with Crippen molar-refractivity contribution in [1.82, 2.24) is 15.1 Å². The molecular formula is C16H26N4S. The fraction of sp³-hybridized carbons (Fsp3) is 0.562. The molecule has 0 aromatic heterocycles. The summed E-state index contributed by atoms with van der Waals surface area (Å²) >= 11 is 5.48. The monoisotopic (exact) mass is 306 g/mol. The van der Waals surface area contributed by atoms with Gasteiger partial charge >= 0.3 is 0 Å². The van der Waals surface area contributed by atoms with Crippen LogP contribution in [-0.2, 0) is 0 Å². The molecule has 0 amide bonds. The first-order valence-electron chi connectivity index (χ1n) is 7.56. The largest absolute Gasteiger partial charge is 0.368 e. The van der Waals surface area contributed by atoms with Gasteiger partial charge in [0, 0.05) is 45.0 Å². The van der Waals surface area contributed by atoms with Gasteiger partial charge in [-0.25, -0.2) is 0 Å². The van der Waals surface area contributed by atoms with E-state index in [1.807, 2.05) is 0 Å². The summed E-state index contributed by atoms with van der Waals surface area (Å²) in [6.07, 6.45) is 0. The maximum Gasteiger partial charge on any atom is 0.169 e. The molecule has 1 heterocycles. The summed E-state index contributed by atoms with van der Waals surface area (Å²) < 4.78 is 0. The Morgan fingerprint density at radius 1 is 1.19 bits per heavy atom. The van der Waals surface area contributed by atoms with Gasteiger partial charge in [0.15, 0.2) is 5.11 Å². The zero-order valence-electron chi connectivity index (χ0n) is 13.3. The van der Waals surface area contributed by atoms with E-state index in [1.165, 1.54) is 11.3 Å². The Hall–Kier alpha value is -1.33. The second-order valence-electron chi connectivity index (χ2n) is 5.80. The molecule has 5 heteroatoms. The lowest BCUT2D eigenvalue weighted by Crippen LogP contribution is -2.52. The summed E-state index contributed by atoms with van der Waals surface area (Å²) in [4.78, 5) is 6.89. The molecule has 21 heavy (non-hydrogen) atoms. The summed E-state index contributed by atoms with van der Waals surface area (Å²) in [6.45, 7) is 8.12. The molecule has 116 valence electrons. The third-order valence-corrected chi connectivity index (χ3v) is 4.26. The van der Waals surface area contributed by atoms with E-state index < -0.39 is 0 Å². The third-order valence-electron chi connectivity index (χ3n) is 3.86. The Morgan fingerprint density at radius 3 is 2.48 bits per heavy atom. The van der Waals surface area contributed by atoms with Crippen molar-refractivity contribution in [2.45, 2.75) is 6.92 Å². The topological polar surface area (TPSA) is 21.8 Å². The van der Waals surface area contributed by atoms with Crippen molar-refractivity contribution in [2.24, 2.45) is 0 Å². The van der Waals surface area contributed by atoms with Gasteiger partial charge in [0.1, 0.15) is 0 Å². The van der Waals surface area contributed by atoms with E-state index >= 15 is 0 Å². The van der Waals surface area contributed by atoms with Crippen molar-refractivity contribution < 1.29 is 0 Å². The molecule has 1 aromatic rings. The van der Waals surface area contributed by atoms with Crippen LogP contribution >= 0.6 is 12.2 Å². The van der Waals surface area contributed by atoms with Crippen LogP contribution in [-0.4, -0.2) is 68.3 Å². The van der Waals surface area contributed by atoms with Crippen LogP contribution in [0.15, 0.2) is 24.3 Å². The smallest absolute Gasteiger partial charge is 0.169 e. The number of hydrogen-bond acceptors (Lipinski definition) is 3. The van der Waals surface area contributed by atoms with Crippen LogP contribution in [0, 0.1) is 6.92 Å². The van der Waals surface area contributed by atoms with Gasteiger partial charge in [0.2, 0.25) is 0 Å². The van der Waals surface area contributed by atoms with Gasteiger partial charge in [-0.3, -0.25) is 0 Å². The number of aryl methyl sites for hydroxylation is 1. The van der Waals surface area contributed by atoms with Crippen molar-refractivity contribution >= 4 is 23.0 Å². The van der Waals surface area contributed by atoms with Gasteiger partial charge < -0.3 is 20.0 Å². The second kappa shape index (κ2) is 7.61. The molecular weight excluding hydrogens is 280 g/mol. The van der Waals surface area contributed by atoms with Crippen LogP contribution < -0.4 is 10.2 Å². The lowest BCUT2D eigenvalue weighted by molar-refractivity contribution is 0.371. The van der Waals surface area contributed by atoms with Crippen molar-refractivity contribution in [3.63, 3.8) is 0 Å². The van der Waals surface area contributed by atoms with Crippen molar-refractivity contribution in [3.8, 4) is 0 Å². The number of nitrogens with one attached hydrogen (secondary N) is 1. The lowest BCUT2D eigenvalue weighted by atomic mass is 10.1. The Labute approximate surface area is 133 Å². The van der Waals surface area contributed by atoms with Crippen LogP contribution in [0.1, 0.15) is 5.56 Å². The van der Waals surface area contributed by atoms with Gasteiger partial charge in [0.05, 0.1) is 0 Å². The highest BCUT2D eigenvalue weighted by Gasteiger charge is 2.19. The van der Waals surface area contributed by atoms with Crippen LogP contribution in [0.4, 0.5) is 5.69 Å². The molecule has 0 saturated carbocycles. The minimum Gasteiger partial charge on any atom is -0.368 e. The second-order valence-corrected chi connectivity index (χ2v) is 6.18. The zero-order chi connectivity index (χ0) is 15.2. The van der Waals surface area contributed by atoms with E-state index in [1.54, 1.807) is 0 Å². The Kier molecular flexibility index (Phi) is 5.82. The average Bonchev–Trinajstić information content (AvgIpc) is 2.47. The highest BCUT2D eigenvalue weighted by Crippen LogP contribution is 2.20. The fourth-order valence-corrected chi connectivity index (χ4v) is 2.85. The predicted molar refractivity (Wildman–Crippen MR) is 94.1 cm³/mol. The number of thiocarbonyl (C=S) groups is 1. The van der Waals surface area contributed by atoms with Crippen LogP contribution in [0.3, 0.4) is 0 Å². The minimum atomic E-state index is 0.890. The maximum absolute atomic E-state index is 5.48. The number of nitrogens with zero attached hydrogens (tertiary/aromatic N) is 3. The van der Waals surface area contributed by atoms with Gasteiger partial charge in [0.25, 0.3) is 0 Å². The first-order valence-corrected chi connectivity index (χ1v) is 7.97. The molecule has 1 aliphatic heterocycles. The molecule has 1 fully saturated rings. The van der Waals surface area contributed by atoms with E-state index in [9.17, 15) is 0 Å². The number of hydrogen-bond donors (Lipinski definition) is 1. The standard InChI is InChI=1S/C16H26N4S/c1-14-6-4-5-7-15(14)19-10-12-20(13-11-19)16(21)17-8-9-18(2)3/h4-7H,8-13H2,1-3H3,(H,17,21). The molecule has 0 spiro atoms. The molecule has 1 aromatic carbocycles. The summed E-state index contributed by atoms with van der Waals surface area (Å²) in [7, 11) is 4.15. The first-order chi connectivity index (χ1) is 10.1. The molecule has 0 bridgehead atoms. The van der Waals surface area contributed by atoms with E-state index in [2.05, 4.69) is 65.3 Å². The van der Waals surface area contributed by atoms with Gasteiger partial charge in [-0.15, -0.1) is 0 Å². The van der Waals surface area contributed by atoms with E-state index in [0.29, 0.717) is 0 Å². The lowest BCUT2D eigenvalue weighted by Gasteiger charge is -2.38. The molecule has 0 unspecified atom stereocenters. The summed E-state index contributed by atoms with van der Waals surface area (Å²) in [6, 6.07) is 8.59. The van der Waals surface area contributed by atoms with Crippen molar-refractivity contribution in [1.29, 1.82) is 0 Å². The number of benzene rings is 1. The Morgan fingerprint density at radius 2 is 1.86 bits per heavy atom. The minimum absolute atomic E-state index is 0.890. The Bertz CT molecular complexity index is 467. The highest BCUT2D eigenvalue weighted by molar-refractivity contribution is 7.80. The van der Waals surface area contributed by atoms with Crippen LogP contribution in [0.2, 0.25) is 0 Å². The molecule has 0 aliphatic carbocycles. The molecule has 4 nitrogen and oxygen atoms in total. The maximum atomic E-state index is 5.48. The average molecular weight is 306 g/mol. The van der Waals surface area contributed by atoms with E-state index in [4.69, 9.17) is 12.2 Å².